The monoisotopic (exact) mass is 242 g/mol. The highest BCUT2D eigenvalue weighted by Gasteiger charge is 2.33. The fourth-order valence-corrected chi connectivity index (χ4v) is 2.08. The van der Waals surface area contributed by atoms with E-state index in [1.54, 1.807) is 0 Å². The first-order chi connectivity index (χ1) is 8.09. The van der Waals surface area contributed by atoms with Crippen molar-refractivity contribution in [3.05, 3.63) is 0 Å². The molecule has 1 aliphatic heterocycles. The molecule has 1 fully saturated rings. The van der Waals surface area contributed by atoms with E-state index in [0.717, 1.165) is 45.6 Å². The van der Waals surface area contributed by atoms with Gasteiger partial charge in [-0.05, 0) is 25.3 Å². The van der Waals surface area contributed by atoms with Crippen LogP contribution in [0, 0.1) is 11.3 Å². The average molecular weight is 242 g/mol. The van der Waals surface area contributed by atoms with Crippen molar-refractivity contribution in [2.45, 2.75) is 39.5 Å². The van der Waals surface area contributed by atoms with E-state index in [4.69, 9.17) is 10.5 Å². The van der Waals surface area contributed by atoms with E-state index < -0.39 is 0 Å². The molecule has 4 heteroatoms. The summed E-state index contributed by atoms with van der Waals surface area (Å²) < 4.78 is 5.15. The predicted octanol–water partition coefficient (Wildman–Crippen LogP) is 1.29. The summed E-state index contributed by atoms with van der Waals surface area (Å²) in [6.45, 7) is 7.27. The second kappa shape index (κ2) is 6.97. The van der Waals surface area contributed by atoms with Gasteiger partial charge < -0.3 is 15.8 Å². The molecule has 0 bridgehead atoms. The minimum absolute atomic E-state index is 0.161. The van der Waals surface area contributed by atoms with Crippen LogP contribution >= 0.6 is 0 Å². The molecule has 17 heavy (non-hydrogen) atoms. The zero-order valence-electron chi connectivity index (χ0n) is 11.1. The van der Waals surface area contributed by atoms with Crippen molar-refractivity contribution < 1.29 is 9.53 Å². The van der Waals surface area contributed by atoms with Crippen LogP contribution in [0.25, 0.3) is 0 Å². The van der Waals surface area contributed by atoms with Crippen LogP contribution in [-0.2, 0) is 9.53 Å². The quantitative estimate of drug-likeness (QED) is 0.674. The molecule has 3 N–H and O–H groups in total. The summed E-state index contributed by atoms with van der Waals surface area (Å²) in [5.74, 6) is 0.752. The van der Waals surface area contributed by atoms with Gasteiger partial charge in [0.25, 0.3) is 0 Å². The number of carbonyl (C=O) groups is 1. The highest BCUT2D eigenvalue weighted by Crippen LogP contribution is 2.25. The van der Waals surface area contributed by atoms with Gasteiger partial charge in [0.1, 0.15) is 0 Å². The molecule has 1 aliphatic rings. The largest absolute Gasteiger partial charge is 0.380 e. The molecular weight excluding hydrogens is 216 g/mol. The van der Waals surface area contributed by atoms with Gasteiger partial charge in [-0.25, -0.2) is 0 Å². The summed E-state index contributed by atoms with van der Waals surface area (Å²) in [7, 11) is 0. The van der Waals surface area contributed by atoms with Crippen LogP contribution in [0.5, 0.6) is 0 Å². The lowest BCUT2D eigenvalue weighted by atomic mass is 9.88. The molecule has 1 amide bonds. The Labute approximate surface area is 104 Å². The Hall–Kier alpha value is -0.610. The Kier molecular flexibility index (Phi) is 5.92. The molecule has 1 atom stereocenters. The third kappa shape index (κ3) is 5.04. The lowest BCUT2D eigenvalue weighted by Gasteiger charge is -2.38. The number of ether oxygens (including phenoxy) is 1. The standard InChI is InChI=1S/C13H26N2O2/c1-3-11(6-7-14)4-5-12(16)15-8-13(2)9-17-10-13/h11H,3-10,14H2,1-2H3,(H,15,16). The summed E-state index contributed by atoms with van der Waals surface area (Å²) in [4.78, 5) is 11.7. The van der Waals surface area contributed by atoms with E-state index in [1.807, 2.05) is 0 Å². The van der Waals surface area contributed by atoms with Gasteiger partial charge >= 0.3 is 0 Å². The third-order valence-electron chi connectivity index (χ3n) is 3.55. The maximum atomic E-state index is 11.7. The minimum atomic E-state index is 0.161. The smallest absolute Gasteiger partial charge is 0.220 e. The molecule has 0 aromatic carbocycles. The Balaban J connectivity index is 2.11. The molecule has 0 aromatic heterocycles. The van der Waals surface area contributed by atoms with Crippen LogP contribution < -0.4 is 11.1 Å². The van der Waals surface area contributed by atoms with Gasteiger partial charge in [0.2, 0.25) is 5.91 Å². The van der Waals surface area contributed by atoms with Crippen LogP contribution in [-0.4, -0.2) is 32.2 Å². The maximum absolute atomic E-state index is 11.7. The first kappa shape index (κ1) is 14.5. The van der Waals surface area contributed by atoms with E-state index in [-0.39, 0.29) is 11.3 Å². The van der Waals surface area contributed by atoms with Gasteiger partial charge in [0, 0.05) is 18.4 Å². The topological polar surface area (TPSA) is 64.4 Å². The third-order valence-corrected chi connectivity index (χ3v) is 3.55. The normalized spacial score (nSPS) is 19.5. The van der Waals surface area contributed by atoms with Gasteiger partial charge in [-0.3, -0.25) is 4.79 Å². The number of hydrogen-bond donors (Lipinski definition) is 2. The number of carbonyl (C=O) groups excluding carboxylic acids is 1. The second-order valence-electron chi connectivity index (χ2n) is 5.47. The van der Waals surface area contributed by atoms with Crippen molar-refractivity contribution in [1.82, 2.24) is 5.32 Å². The van der Waals surface area contributed by atoms with Crippen LogP contribution in [0.15, 0.2) is 0 Å². The Morgan fingerprint density at radius 2 is 2.18 bits per heavy atom. The van der Waals surface area contributed by atoms with Gasteiger partial charge in [0.15, 0.2) is 0 Å². The Morgan fingerprint density at radius 1 is 1.47 bits per heavy atom. The van der Waals surface area contributed by atoms with E-state index in [2.05, 4.69) is 19.2 Å². The molecule has 0 spiro atoms. The minimum Gasteiger partial charge on any atom is -0.380 e. The lowest BCUT2D eigenvalue weighted by Crippen LogP contribution is -2.48. The summed E-state index contributed by atoms with van der Waals surface area (Å²) in [6, 6.07) is 0. The first-order valence-electron chi connectivity index (χ1n) is 6.64. The van der Waals surface area contributed by atoms with Gasteiger partial charge in [-0.1, -0.05) is 20.3 Å². The molecule has 1 heterocycles. The summed E-state index contributed by atoms with van der Waals surface area (Å²) in [5, 5.41) is 3.00. The highest BCUT2D eigenvalue weighted by molar-refractivity contribution is 5.75. The van der Waals surface area contributed by atoms with Crippen LogP contribution in [0.3, 0.4) is 0 Å². The van der Waals surface area contributed by atoms with Gasteiger partial charge in [-0.2, -0.15) is 0 Å². The van der Waals surface area contributed by atoms with E-state index in [1.165, 1.54) is 0 Å². The summed E-state index contributed by atoms with van der Waals surface area (Å²) in [5.41, 5.74) is 5.70. The highest BCUT2D eigenvalue weighted by atomic mass is 16.5. The molecular formula is C13H26N2O2. The lowest BCUT2D eigenvalue weighted by molar-refractivity contribution is -0.127. The molecule has 0 saturated carbocycles. The van der Waals surface area contributed by atoms with Crippen molar-refractivity contribution in [2.24, 2.45) is 17.1 Å². The zero-order chi connectivity index (χ0) is 12.7. The number of amides is 1. The van der Waals surface area contributed by atoms with E-state index in [0.29, 0.717) is 12.3 Å². The van der Waals surface area contributed by atoms with Crippen LogP contribution in [0.2, 0.25) is 0 Å². The van der Waals surface area contributed by atoms with Gasteiger partial charge in [-0.15, -0.1) is 0 Å². The van der Waals surface area contributed by atoms with Gasteiger partial charge in [0.05, 0.1) is 13.2 Å². The van der Waals surface area contributed by atoms with Crippen molar-refractivity contribution >= 4 is 5.91 Å². The summed E-state index contributed by atoms with van der Waals surface area (Å²) in [6.07, 6.45) is 3.70. The molecule has 0 aliphatic carbocycles. The maximum Gasteiger partial charge on any atom is 0.220 e. The molecule has 4 nitrogen and oxygen atoms in total. The summed E-state index contributed by atoms with van der Waals surface area (Å²) >= 11 is 0. The zero-order valence-corrected chi connectivity index (χ0v) is 11.1. The van der Waals surface area contributed by atoms with Crippen LogP contribution in [0.4, 0.5) is 0 Å². The van der Waals surface area contributed by atoms with Crippen molar-refractivity contribution in [1.29, 1.82) is 0 Å². The first-order valence-corrected chi connectivity index (χ1v) is 6.64. The average Bonchev–Trinajstić information content (AvgIpc) is 2.29. The van der Waals surface area contributed by atoms with Crippen molar-refractivity contribution in [2.75, 3.05) is 26.3 Å². The van der Waals surface area contributed by atoms with E-state index >= 15 is 0 Å². The fourth-order valence-electron chi connectivity index (χ4n) is 2.08. The SMILES string of the molecule is CCC(CCN)CCC(=O)NCC1(C)COC1. The molecule has 0 radical (unpaired) electrons. The number of rotatable bonds is 8. The van der Waals surface area contributed by atoms with E-state index in [9.17, 15) is 4.79 Å². The number of hydrogen-bond acceptors (Lipinski definition) is 3. The fraction of sp³-hybridized carbons (Fsp3) is 0.923. The Bertz CT molecular complexity index is 240. The molecule has 1 rings (SSSR count). The molecule has 0 aromatic rings. The van der Waals surface area contributed by atoms with Crippen molar-refractivity contribution in [3.63, 3.8) is 0 Å². The van der Waals surface area contributed by atoms with Crippen LogP contribution in [0.1, 0.15) is 39.5 Å². The molecule has 1 saturated heterocycles. The second-order valence-corrected chi connectivity index (χ2v) is 5.47. The molecule has 1 unspecified atom stereocenters. The molecule has 100 valence electrons. The van der Waals surface area contributed by atoms with Crippen molar-refractivity contribution in [3.8, 4) is 0 Å². The number of nitrogens with one attached hydrogen (secondary N) is 1. The predicted molar refractivity (Wildman–Crippen MR) is 68.6 cm³/mol. The Morgan fingerprint density at radius 3 is 2.65 bits per heavy atom. The number of nitrogens with two attached hydrogens (primary N) is 1.